The Morgan fingerprint density at radius 1 is 0.346 bits per heavy atom. The van der Waals surface area contributed by atoms with Crippen LogP contribution in [0.3, 0.4) is 0 Å². The van der Waals surface area contributed by atoms with E-state index >= 15 is 0 Å². The summed E-state index contributed by atoms with van der Waals surface area (Å²) in [6, 6.07) is -0.626. The number of carbonyl (C=O) groups excluding carboxylic acids is 2. The minimum atomic E-state index is -0.843. The average Bonchev–Trinajstić information content (AvgIpc) is 3.47. The van der Waals surface area contributed by atoms with E-state index in [4.69, 9.17) is 4.74 Å². The molecule has 0 aromatic rings. The standard InChI is InChI=1S/C75H143NO5/c1-3-5-7-9-11-13-15-17-19-41-45-49-53-57-61-65-69-75(80)81-70-66-62-58-54-50-46-42-38-36-34-32-30-28-26-24-22-20-21-23-25-27-29-31-33-35-37-40-44-48-52-56-60-64-68-74(79)76-72(71-77)73(78)67-63-59-55-51-47-43-39-18-16-14-12-10-8-6-4-2/h24,26,30,32,63,67,72-73,77-78H,3-23,25,27-29,31,33-62,64-66,68-71H2,1-2H3,(H,76,79)/b26-24-,32-30-,67-63+. The Morgan fingerprint density at radius 2 is 0.617 bits per heavy atom. The van der Waals surface area contributed by atoms with E-state index in [1.165, 1.54) is 334 Å². The number of esters is 1. The van der Waals surface area contributed by atoms with Crippen molar-refractivity contribution in [2.24, 2.45) is 0 Å². The van der Waals surface area contributed by atoms with E-state index in [0.29, 0.717) is 19.4 Å². The SMILES string of the molecule is CCCCCCCCCCCCCCC/C=C/C(O)C(CO)NC(=O)CCCCCCCCCCCCCCCCCCC/C=C\C/C=C\CCCCCCCCCCCOC(=O)CCCCCCCCCCCCCCCCCC. The first-order chi connectivity index (χ1) is 40.0. The van der Waals surface area contributed by atoms with Gasteiger partial charge < -0.3 is 20.3 Å². The Morgan fingerprint density at radius 3 is 0.938 bits per heavy atom. The Hall–Kier alpha value is -1.92. The second kappa shape index (κ2) is 70.6. The number of ether oxygens (including phenoxy) is 1. The maximum atomic E-state index is 12.5. The summed E-state index contributed by atoms with van der Waals surface area (Å²) in [5.74, 6) is -0.0459. The summed E-state index contributed by atoms with van der Waals surface area (Å²) in [5, 5.41) is 23.2. The van der Waals surface area contributed by atoms with Gasteiger partial charge in [-0.3, -0.25) is 9.59 Å². The first kappa shape index (κ1) is 79.1. The molecule has 0 bridgehead atoms. The van der Waals surface area contributed by atoms with Gasteiger partial charge in [0.1, 0.15) is 0 Å². The van der Waals surface area contributed by atoms with Crippen LogP contribution >= 0.6 is 0 Å². The van der Waals surface area contributed by atoms with Crippen molar-refractivity contribution in [2.45, 2.75) is 418 Å². The number of nitrogens with one attached hydrogen (secondary N) is 1. The molecule has 0 fully saturated rings. The van der Waals surface area contributed by atoms with Gasteiger partial charge in [0.05, 0.1) is 25.4 Å². The van der Waals surface area contributed by atoms with Crippen molar-refractivity contribution in [3.05, 3.63) is 36.5 Å². The molecule has 0 aromatic carbocycles. The lowest BCUT2D eigenvalue weighted by molar-refractivity contribution is -0.143. The molecule has 6 nitrogen and oxygen atoms in total. The fourth-order valence-corrected chi connectivity index (χ4v) is 11.6. The van der Waals surface area contributed by atoms with Gasteiger partial charge in [-0.2, -0.15) is 0 Å². The van der Waals surface area contributed by atoms with Crippen LogP contribution in [-0.2, 0) is 14.3 Å². The largest absolute Gasteiger partial charge is 0.466 e. The summed E-state index contributed by atoms with van der Waals surface area (Å²) in [4.78, 5) is 24.6. The number of aliphatic hydroxyl groups is 2. The highest BCUT2D eigenvalue weighted by Crippen LogP contribution is 2.19. The van der Waals surface area contributed by atoms with E-state index in [2.05, 4.69) is 43.5 Å². The zero-order valence-electron chi connectivity index (χ0n) is 54.8. The van der Waals surface area contributed by atoms with Crippen molar-refractivity contribution in [1.29, 1.82) is 0 Å². The Kier molecular flexibility index (Phi) is 68.9. The van der Waals surface area contributed by atoms with Crippen molar-refractivity contribution in [3.8, 4) is 0 Å². The van der Waals surface area contributed by atoms with Crippen molar-refractivity contribution in [1.82, 2.24) is 5.32 Å². The van der Waals surface area contributed by atoms with Crippen molar-refractivity contribution in [2.75, 3.05) is 13.2 Å². The number of hydrogen-bond donors (Lipinski definition) is 3. The first-order valence-corrected chi connectivity index (χ1v) is 36.8. The van der Waals surface area contributed by atoms with Crippen LogP contribution in [0.2, 0.25) is 0 Å². The van der Waals surface area contributed by atoms with Crippen LogP contribution in [0.5, 0.6) is 0 Å². The van der Waals surface area contributed by atoms with Crippen LogP contribution in [0.1, 0.15) is 406 Å². The number of amides is 1. The lowest BCUT2D eigenvalue weighted by Gasteiger charge is -2.20. The number of carbonyl (C=O) groups is 2. The molecule has 0 heterocycles. The van der Waals surface area contributed by atoms with Gasteiger partial charge in [0.15, 0.2) is 0 Å². The van der Waals surface area contributed by atoms with Gasteiger partial charge in [0.2, 0.25) is 5.91 Å². The summed E-state index contributed by atoms with van der Waals surface area (Å²) in [6.07, 6.45) is 91.0. The van der Waals surface area contributed by atoms with Gasteiger partial charge >= 0.3 is 5.97 Å². The fourth-order valence-electron chi connectivity index (χ4n) is 11.6. The molecule has 0 aromatic heterocycles. The lowest BCUT2D eigenvalue weighted by atomic mass is 10.0. The maximum Gasteiger partial charge on any atom is 0.305 e. The van der Waals surface area contributed by atoms with E-state index in [1.54, 1.807) is 6.08 Å². The van der Waals surface area contributed by atoms with Gasteiger partial charge in [-0.15, -0.1) is 0 Å². The molecule has 2 atom stereocenters. The monoisotopic (exact) mass is 1140 g/mol. The van der Waals surface area contributed by atoms with E-state index < -0.39 is 12.1 Å². The molecule has 81 heavy (non-hydrogen) atoms. The van der Waals surface area contributed by atoms with E-state index in [-0.39, 0.29) is 18.5 Å². The molecule has 6 heteroatoms. The highest BCUT2D eigenvalue weighted by atomic mass is 16.5. The van der Waals surface area contributed by atoms with Gasteiger partial charge in [-0.1, -0.05) is 365 Å². The van der Waals surface area contributed by atoms with E-state index in [9.17, 15) is 19.8 Å². The van der Waals surface area contributed by atoms with Crippen LogP contribution in [0, 0.1) is 0 Å². The molecular formula is C75H143NO5. The second-order valence-corrected chi connectivity index (χ2v) is 25.3. The smallest absolute Gasteiger partial charge is 0.305 e. The number of rotatable bonds is 69. The van der Waals surface area contributed by atoms with Crippen LogP contribution in [0.15, 0.2) is 36.5 Å². The molecule has 0 saturated heterocycles. The number of hydrogen-bond acceptors (Lipinski definition) is 5. The van der Waals surface area contributed by atoms with Gasteiger partial charge in [0, 0.05) is 12.8 Å². The zero-order valence-corrected chi connectivity index (χ0v) is 54.8. The second-order valence-electron chi connectivity index (χ2n) is 25.3. The molecule has 0 spiro atoms. The van der Waals surface area contributed by atoms with Crippen LogP contribution in [0.4, 0.5) is 0 Å². The highest BCUT2D eigenvalue weighted by Gasteiger charge is 2.18. The molecule has 478 valence electrons. The van der Waals surface area contributed by atoms with Crippen molar-refractivity contribution >= 4 is 11.9 Å². The molecule has 0 rings (SSSR count). The van der Waals surface area contributed by atoms with E-state index in [0.717, 1.165) is 44.9 Å². The third-order valence-electron chi connectivity index (χ3n) is 17.2. The molecule has 0 radical (unpaired) electrons. The number of aliphatic hydroxyl groups excluding tert-OH is 2. The third kappa shape index (κ3) is 67.1. The molecule has 0 aliphatic heterocycles. The lowest BCUT2D eigenvalue weighted by Crippen LogP contribution is -2.45. The van der Waals surface area contributed by atoms with Crippen LogP contribution < -0.4 is 5.32 Å². The molecular weight excluding hydrogens is 995 g/mol. The minimum absolute atomic E-state index is 0.0179. The molecule has 0 saturated carbocycles. The summed E-state index contributed by atoms with van der Waals surface area (Å²) >= 11 is 0. The number of allylic oxidation sites excluding steroid dienone is 5. The number of unbranched alkanes of at least 4 members (excludes halogenated alkanes) is 54. The predicted molar refractivity (Wildman–Crippen MR) is 356 cm³/mol. The molecule has 0 aliphatic rings. The first-order valence-electron chi connectivity index (χ1n) is 36.8. The molecule has 1 amide bonds. The Labute approximate surface area is 506 Å². The van der Waals surface area contributed by atoms with Crippen molar-refractivity contribution < 1.29 is 24.5 Å². The van der Waals surface area contributed by atoms with Gasteiger partial charge in [0.25, 0.3) is 0 Å². The van der Waals surface area contributed by atoms with Crippen LogP contribution in [-0.4, -0.2) is 47.4 Å². The third-order valence-corrected chi connectivity index (χ3v) is 17.2. The molecule has 3 N–H and O–H groups in total. The Bertz CT molecular complexity index is 1310. The maximum absolute atomic E-state index is 12.5. The van der Waals surface area contributed by atoms with Crippen molar-refractivity contribution in [3.63, 3.8) is 0 Å². The summed E-state index contributed by atoms with van der Waals surface area (Å²) in [5.41, 5.74) is 0. The average molecular weight is 1140 g/mol. The fraction of sp³-hybridized carbons (Fsp3) is 0.893. The summed E-state index contributed by atoms with van der Waals surface area (Å²) < 4.78 is 5.50. The van der Waals surface area contributed by atoms with Crippen LogP contribution in [0.25, 0.3) is 0 Å². The van der Waals surface area contributed by atoms with E-state index in [1.807, 2.05) is 6.08 Å². The normalized spacial score (nSPS) is 12.7. The molecule has 0 aliphatic carbocycles. The quantitative estimate of drug-likeness (QED) is 0.0320. The van der Waals surface area contributed by atoms with Gasteiger partial charge in [-0.25, -0.2) is 0 Å². The summed E-state index contributed by atoms with van der Waals surface area (Å²) in [7, 11) is 0. The summed E-state index contributed by atoms with van der Waals surface area (Å²) in [6.45, 7) is 4.94. The highest BCUT2D eigenvalue weighted by molar-refractivity contribution is 5.76. The van der Waals surface area contributed by atoms with Gasteiger partial charge in [-0.05, 0) is 64.2 Å². The zero-order chi connectivity index (χ0) is 58.5. The molecule has 2 unspecified atom stereocenters. The minimum Gasteiger partial charge on any atom is -0.466 e. The topological polar surface area (TPSA) is 95.9 Å². The predicted octanol–water partition coefficient (Wildman–Crippen LogP) is 23.9. The Balaban J connectivity index is 3.38.